The molecule has 0 fully saturated rings. The van der Waals surface area contributed by atoms with Crippen LogP contribution in [0.4, 0.5) is 6.01 Å². The topological polar surface area (TPSA) is 77.3 Å². The predicted octanol–water partition coefficient (Wildman–Crippen LogP) is 4.30. The summed E-state index contributed by atoms with van der Waals surface area (Å²) >= 11 is 11.8. The monoisotopic (exact) mass is 363 g/mol. The second-order valence-electron chi connectivity index (χ2n) is 4.72. The summed E-state index contributed by atoms with van der Waals surface area (Å²) in [7, 11) is 1.58. The Labute approximate surface area is 147 Å². The number of anilines is 1. The maximum atomic E-state index is 12.2. The zero-order valence-corrected chi connectivity index (χ0v) is 13.9. The van der Waals surface area contributed by atoms with Crippen LogP contribution in [0.25, 0.3) is 11.5 Å². The van der Waals surface area contributed by atoms with Crippen molar-refractivity contribution in [3.63, 3.8) is 0 Å². The van der Waals surface area contributed by atoms with E-state index < -0.39 is 5.91 Å². The van der Waals surface area contributed by atoms with Crippen LogP contribution in [0, 0.1) is 0 Å². The number of aromatic nitrogens is 2. The van der Waals surface area contributed by atoms with Crippen LogP contribution in [-0.2, 0) is 0 Å². The lowest BCUT2D eigenvalue weighted by Gasteiger charge is -2.03. The molecule has 0 unspecified atom stereocenters. The zero-order chi connectivity index (χ0) is 17.1. The number of carbonyl (C=O) groups excluding carboxylic acids is 1. The fraction of sp³-hybridized carbons (Fsp3) is 0.0625. The van der Waals surface area contributed by atoms with Crippen LogP contribution < -0.4 is 10.1 Å². The zero-order valence-electron chi connectivity index (χ0n) is 12.4. The van der Waals surface area contributed by atoms with Gasteiger partial charge in [0.2, 0.25) is 5.89 Å². The molecule has 0 saturated carbocycles. The maximum absolute atomic E-state index is 12.2. The number of benzene rings is 2. The van der Waals surface area contributed by atoms with E-state index >= 15 is 0 Å². The molecule has 0 radical (unpaired) electrons. The first kappa shape index (κ1) is 16.3. The normalized spacial score (nSPS) is 10.5. The number of amides is 1. The molecule has 0 spiro atoms. The number of rotatable bonds is 4. The standard InChI is InChI=1S/C16H11Cl2N3O3/c1-23-11-5-2-9(3-6-11)15-20-21-16(24-15)19-14(22)12-7-4-10(17)8-13(12)18/h2-8H,1H3,(H,19,21,22). The first-order valence-electron chi connectivity index (χ1n) is 6.81. The van der Waals surface area contributed by atoms with E-state index in [2.05, 4.69) is 15.5 Å². The fourth-order valence-corrected chi connectivity index (χ4v) is 2.46. The van der Waals surface area contributed by atoms with Crippen LogP contribution in [-0.4, -0.2) is 23.2 Å². The lowest BCUT2D eigenvalue weighted by molar-refractivity contribution is 0.102. The van der Waals surface area contributed by atoms with Crippen molar-refractivity contribution in [3.05, 3.63) is 58.1 Å². The SMILES string of the molecule is COc1ccc(-c2nnc(NC(=O)c3ccc(Cl)cc3Cl)o2)cc1. The third-order valence-corrected chi connectivity index (χ3v) is 3.71. The summed E-state index contributed by atoms with van der Waals surface area (Å²) in [5.41, 5.74) is 0.957. The van der Waals surface area contributed by atoms with E-state index in [0.717, 1.165) is 0 Å². The van der Waals surface area contributed by atoms with Gasteiger partial charge in [0, 0.05) is 10.6 Å². The van der Waals surface area contributed by atoms with Crippen molar-refractivity contribution < 1.29 is 13.9 Å². The molecule has 2 aromatic carbocycles. The number of nitrogens with one attached hydrogen (secondary N) is 1. The summed E-state index contributed by atoms with van der Waals surface area (Å²) in [6.07, 6.45) is 0. The molecule has 1 amide bonds. The minimum atomic E-state index is -0.471. The summed E-state index contributed by atoms with van der Waals surface area (Å²) in [4.78, 5) is 12.2. The molecule has 0 aliphatic rings. The molecule has 0 aliphatic heterocycles. The van der Waals surface area contributed by atoms with E-state index in [0.29, 0.717) is 16.3 Å². The predicted molar refractivity (Wildman–Crippen MR) is 90.7 cm³/mol. The largest absolute Gasteiger partial charge is 0.497 e. The molecule has 8 heteroatoms. The molecule has 24 heavy (non-hydrogen) atoms. The van der Waals surface area contributed by atoms with Gasteiger partial charge in [-0.3, -0.25) is 10.1 Å². The summed E-state index contributed by atoms with van der Waals surface area (Å²) in [5, 5.41) is 10.9. The highest BCUT2D eigenvalue weighted by molar-refractivity contribution is 6.37. The van der Waals surface area contributed by atoms with Crippen molar-refractivity contribution in [1.82, 2.24) is 10.2 Å². The molecular formula is C16H11Cl2N3O3. The van der Waals surface area contributed by atoms with E-state index in [1.807, 2.05) is 0 Å². The summed E-state index contributed by atoms with van der Waals surface area (Å²) in [5.74, 6) is 0.515. The van der Waals surface area contributed by atoms with Crippen molar-refractivity contribution >= 4 is 35.1 Å². The summed E-state index contributed by atoms with van der Waals surface area (Å²) < 4.78 is 10.5. The van der Waals surface area contributed by atoms with Gasteiger partial charge in [-0.05, 0) is 42.5 Å². The molecule has 0 bridgehead atoms. The van der Waals surface area contributed by atoms with E-state index in [-0.39, 0.29) is 22.5 Å². The molecule has 1 aromatic heterocycles. The molecule has 1 N–H and O–H groups in total. The average molecular weight is 364 g/mol. The van der Waals surface area contributed by atoms with E-state index in [4.69, 9.17) is 32.4 Å². The van der Waals surface area contributed by atoms with Crippen molar-refractivity contribution in [2.24, 2.45) is 0 Å². The molecular weight excluding hydrogens is 353 g/mol. The maximum Gasteiger partial charge on any atom is 0.322 e. The number of ether oxygens (including phenoxy) is 1. The number of hydrogen-bond donors (Lipinski definition) is 1. The van der Waals surface area contributed by atoms with Crippen molar-refractivity contribution in [1.29, 1.82) is 0 Å². The first-order chi connectivity index (χ1) is 11.6. The Morgan fingerprint density at radius 2 is 1.88 bits per heavy atom. The minimum absolute atomic E-state index is 0.0307. The lowest BCUT2D eigenvalue weighted by Crippen LogP contribution is -2.12. The molecule has 1 heterocycles. The van der Waals surface area contributed by atoms with Gasteiger partial charge in [-0.15, -0.1) is 5.10 Å². The van der Waals surface area contributed by atoms with Gasteiger partial charge in [0.1, 0.15) is 5.75 Å². The first-order valence-corrected chi connectivity index (χ1v) is 7.57. The van der Waals surface area contributed by atoms with E-state index in [1.165, 1.54) is 12.1 Å². The highest BCUT2D eigenvalue weighted by Gasteiger charge is 2.15. The van der Waals surface area contributed by atoms with Gasteiger partial charge in [0.15, 0.2) is 0 Å². The third-order valence-electron chi connectivity index (χ3n) is 3.16. The molecule has 3 aromatic rings. The summed E-state index contributed by atoms with van der Waals surface area (Å²) in [6.45, 7) is 0. The number of hydrogen-bond acceptors (Lipinski definition) is 5. The van der Waals surface area contributed by atoms with Crippen LogP contribution in [0.15, 0.2) is 46.9 Å². The molecule has 0 aliphatic carbocycles. The molecule has 3 rings (SSSR count). The van der Waals surface area contributed by atoms with Crippen LogP contribution in [0.2, 0.25) is 10.0 Å². The Balaban J connectivity index is 1.76. The molecule has 6 nitrogen and oxygen atoms in total. The lowest BCUT2D eigenvalue weighted by atomic mass is 10.2. The Morgan fingerprint density at radius 3 is 2.54 bits per heavy atom. The van der Waals surface area contributed by atoms with E-state index in [1.54, 1.807) is 37.4 Å². The van der Waals surface area contributed by atoms with Gasteiger partial charge in [-0.1, -0.05) is 28.3 Å². The van der Waals surface area contributed by atoms with Gasteiger partial charge in [-0.2, -0.15) is 0 Å². The highest BCUT2D eigenvalue weighted by atomic mass is 35.5. The molecule has 122 valence electrons. The number of nitrogens with zero attached hydrogens (tertiary/aromatic N) is 2. The number of carbonyl (C=O) groups is 1. The van der Waals surface area contributed by atoms with Gasteiger partial charge in [-0.25, -0.2) is 0 Å². The highest BCUT2D eigenvalue weighted by Crippen LogP contribution is 2.24. The van der Waals surface area contributed by atoms with Gasteiger partial charge in [0.25, 0.3) is 5.91 Å². The number of methoxy groups -OCH3 is 1. The Morgan fingerprint density at radius 1 is 1.12 bits per heavy atom. The quantitative estimate of drug-likeness (QED) is 0.747. The minimum Gasteiger partial charge on any atom is -0.497 e. The molecule has 0 atom stereocenters. The Kier molecular flexibility index (Phi) is 4.69. The average Bonchev–Trinajstić information content (AvgIpc) is 3.03. The van der Waals surface area contributed by atoms with Crippen molar-refractivity contribution in [2.45, 2.75) is 0 Å². The second-order valence-corrected chi connectivity index (χ2v) is 5.56. The molecule has 0 saturated heterocycles. The van der Waals surface area contributed by atoms with Gasteiger partial charge < -0.3 is 9.15 Å². The van der Waals surface area contributed by atoms with Crippen LogP contribution >= 0.6 is 23.2 Å². The number of halogens is 2. The van der Waals surface area contributed by atoms with Gasteiger partial charge >= 0.3 is 6.01 Å². The van der Waals surface area contributed by atoms with Crippen LogP contribution in [0.3, 0.4) is 0 Å². The smallest absolute Gasteiger partial charge is 0.322 e. The van der Waals surface area contributed by atoms with Gasteiger partial charge in [0.05, 0.1) is 17.7 Å². The third kappa shape index (κ3) is 3.50. The van der Waals surface area contributed by atoms with Crippen LogP contribution in [0.5, 0.6) is 5.75 Å². The summed E-state index contributed by atoms with van der Waals surface area (Å²) in [6, 6.07) is 11.6. The Bertz CT molecular complexity index is 879. The second kappa shape index (κ2) is 6.90. The van der Waals surface area contributed by atoms with Crippen LogP contribution in [0.1, 0.15) is 10.4 Å². The van der Waals surface area contributed by atoms with Crippen molar-refractivity contribution in [3.8, 4) is 17.2 Å². The van der Waals surface area contributed by atoms with E-state index in [9.17, 15) is 4.79 Å². The fourth-order valence-electron chi connectivity index (χ4n) is 1.96. The Hall–Kier alpha value is -2.57. The van der Waals surface area contributed by atoms with Crippen molar-refractivity contribution in [2.75, 3.05) is 12.4 Å².